The van der Waals surface area contributed by atoms with Crippen LogP contribution in [0.4, 0.5) is 4.79 Å². The number of rotatable bonds is 9. The van der Waals surface area contributed by atoms with Gasteiger partial charge in [-0.3, -0.25) is 19.8 Å². The molecule has 8 nitrogen and oxygen atoms in total. The molecule has 1 heterocycles. The Kier molecular flexibility index (Phi) is 7.71. The van der Waals surface area contributed by atoms with Crippen LogP contribution >= 0.6 is 0 Å². The second kappa shape index (κ2) is 10.9. The first kappa shape index (κ1) is 23.4. The first-order chi connectivity index (χ1) is 16.0. The molecule has 1 fully saturated rings. The third-order valence-corrected chi connectivity index (χ3v) is 4.71. The van der Waals surface area contributed by atoms with Crippen molar-refractivity contribution >= 4 is 23.9 Å². The van der Waals surface area contributed by atoms with E-state index in [1.807, 2.05) is 6.92 Å². The number of ether oxygens (including phenoxy) is 3. The number of hydrogen-bond acceptors (Lipinski definition) is 6. The molecule has 170 valence electrons. The fourth-order valence-corrected chi connectivity index (χ4v) is 3.15. The molecule has 3 rings (SSSR count). The van der Waals surface area contributed by atoms with Gasteiger partial charge in [0, 0.05) is 0 Å². The van der Waals surface area contributed by atoms with Crippen molar-refractivity contribution in [2.24, 2.45) is 0 Å². The number of hydrogen-bond donors (Lipinski definition) is 1. The number of carbonyl (C=O) groups excluding carboxylic acids is 3. The highest BCUT2D eigenvalue weighted by Crippen LogP contribution is 2.29. The van der Waals surface area contributed by atoms with E-state index >= 15 is 0 Å². The summed E-state index contributed by atoms with van der Waals surface area (Å²) in [6.07, 6.45) is 7.45. The first-order valence-corrected chi connectivity index (χ1v) is 10.3. The molecule has 8 heteroatoms. The lowest BCUT2D eigenvalue weighted by atomic mass is 10.1. The van der Waals surface area contributed by atoms with Crippen LogP contribution in [0.2, 0.25) is 0 Å². The standard InChI is InChI=1S/C25H24N2O6/c1-4-11-32-19-8-6-7-17(13-19)14-20-23(28)26-25(30)27(24(20)29)16-18-9-10-21(33-12-5-2)22(15-18)31-3/h1,6-10,13-15H,5,11-12,16H2,2-3H3,(H,26,28,30)/b20-14-. The van der Waals surface area contributed by atoms with Crippen molar-refractivity contribution in [2.45, 2.75) is 19.9 Å². The molecule has 1 aliphatic heterocycles. The van der Waals surface area contributed by atoms with Crippen LogP contribution in [0.3, 0.4) is 0 Å². The molecule has 0 radical (unpaired) electrons. The largest absolute Gasteiger partial charge is 0.493 e. The Labute approximate surface area is 192 Å². The zero-order valence-corrected chi connectivity index (χ0v) is 18.4. The van der Waals surface area contributed by atoms with Crippen LogP contribution in [-0.4, -0.2) is 43.1 Å². The number of carbonyl (C=O) groups is 3. The van der Waals surface area contributed by atoms with E-state index in [-0.39, 0.29) is 18.7 Å². The maximum Gasteiger partial charge on any atom is 0.331 e. The Morgan fingerprint density at radius 1 is 1.09 bits per heavy atom. The van der Waals surface area contributed by atoms with Gasteiger partial charge in [0.2, 0.25) is 0 Å². The van der Waals surface area contributed by atoms with E-state index < -0.39 is 17.8 Å². The minimum atomic E-state index is -0.793. The molecular weight excluding hydrogens is 424 g/mol. The highest BCUT2D eigenvalue weighted by Gasteiger charge is 2.35. The topological polar surface area (TPSA) is 94.2 Å². The zero-order chi connectivity index (χ0) is 23.8. The van der Waals surface area contributed by atoms with Crippen LogP contribution in [0.25, 0.3) is 6.08 Å². The molecule has 33 heavy (non-hydrogen) atoms. The van der Waals surface area contributed by atoms with E-state index in [4.69, 9.17) is 20.6 Å². The Balaban J connectivity index is 1.84. The lowest BCUT2D eigenvalue weighted by Gasteiger charge is -2.26. The Morgan fingerprint density at radius 2 is 1.91 bits per heavy atom. The highest BCUT2D eigenvalue weighted by atomic mass is 16.5. The number of amides is 4. The lowest BCUT2D eigenvalue weighted by molar-refractivity contribution is -0.130. The SMILES string of the molecule is C#CCOc1cccc(/C=C2/C(=O)NC(=O)N(Cc3ccc(OCCC)c(OC)c3)C2=O)c1. The molecule has 0 unspecified atom stereocenters. The van der Waals surface area contributed by atoms with Gasteiger partial charge in [0.1, 0.15) is 17.9 Å². The summed E-state index contributed by atoms with van der Waals surface area (Å²) in [6.45, 7) is 2.57. The van der Waals surface area contributed by atoms with E-state index in [0.717, 1.165) is 11.3 Å². The molecule has 0 spiro atoms. The quantitative estimate of drug-likeness (QED) is 0.360. The smallest absolute Gasteiger partial charge is 0.331 e. The van der Waals surface area contributed by atoms with Crippen molar-refractivity contribution < 1.29 is 28.6 Å². The molecule has 4 amide bonds. The number of methoxy groups -OCH3 is 1. The van der Waals surface area contributed by atoms with Gasteiger partial charge in [-0.2, -0.15) is 0 Å². The van der Waals surface area contributed by atoms with Crippen molar-refractivity contribution in [3.05, 3.63) is 59.2 Å². The van der Waals surface area contributed by atoms with Gasteiger partial charge >= 0.3 is 6.03 Å². The minimum Gasteiger partial charge on any atom is -0.493 e. The summed E-state index contributed by atoms with van der Waals surface area (Å²) in [6, 6.07) is 11.1. The molecule has 1 saturated heterocycles. The molecule has 2 aromatic carbocycles. The molecule has 1 N–H and O–H groups in total. The molecule has 0 saturated carbocycles. The average molecular weight is 448 g/mol. The summed E-state index contributed by atoms with van der Waals surface area (Å²) in [5.41, 5.74) is 1.02. The van der Waals surface area contributed by atoms with Gasteiger partial charge < -0.3 is 14.2 Å². The van der Waals surface area contributed by atoms with E-state index in [0.29, 0.717) is 35.0 Å². The van der Waals surface area contributed by atoms with Gasteiger partial charge in [0.05, 0.1) is 20.3 Å². The minimum absolute atomic E-state index is 0.0506. The maximum absolute atomic E-state index is 13.0. The highest BCUT2D eigenvalue weighted by molar-refractivity contribution is 6.30. The maximum atomic E-state index is 13.0. The second-order valence-electron chi connectivity index (χ2n) is 7.11. The van der Waals surface area contributed by atoms with Crippen LogP contribution in [0, 0.1) is 12.3 Å². The molecule has 2 aromatic rings. The Bertz CT molecular complexity index is 1130. The fourth-order valence-electron chi connectivity index (χ4n) is 3.15. The van der Waals surface area contributed by atoms with E-state index in [1.165, 1.54) is 13.2 Å². The Hall–Kier alpha value is -4.25. The summed E-state index contributed by atoms with van der Waals surface area (Å²) >= 11 is 0. The fraction of sp³-hybridized carbons (Fsp3) is 0.240. The van der Waals surface area contributed by atoms with E-state index in [1.54, 1.807) is 42.5 Å². The molecule has 0 bridgehead atoms. The summed E-state index contributed by atoms with van der Waals surface area (Å²) in [4.78, 5) is 38.8. The predicted octanol–water partition coefficient (Wildman–Crippen LogP) is 3.16. The van der Waals surface area contributed by atoms with Gasteiger partial charge in [-0.15, -0.1) is 6.42 Å². The van der Waals surface area contributed by atoms with Crippen LogP contribution < -0.4 is 19.5 Å². The summed E-state index contributed by atoms with van der Waals surface area (Å²) in [5.74, 6) is 2.45. The third kappa shape index (κ3) is 5.71. The normalized spacial score (nSPS) is 14.6. The molecule has 0 aliphatic carbocycles. The van der Waals surface area contributed by atoms with Crippen LogP contribution in [-0.2, 0) is 16.1 Å². The molecular formula is C25H24N2O6. The number of barbiturate groups is 1. The monoisotopic (exact) mass is 448 g/mol. The van der Waals surface area contributed by atoms with Gasteiger partial charge in [-0.1, -0.05) is 31.0 Å². The third-order valence-electron chi connectivity index (χ3n) is 4.71. The second-order valence-corrected chi connectivity index (χ2v) is 7.11. The summed E-state index contributed by atoms with van der Waals surface area (Å²) in [7, 11) is 1.51. The van der Waals surface area contributed by atoms with Gasteiger partial charge in [0.15, 0.2) is 11.5 Å². The predicted molar refractivity (Wildman–Crippen MR) is 122 cm³/mol. The number of terminal acetylenes is 1. The van der Waals surface area contributed by atoms with E-state index in [2.05, 4.69) is 11.2 Å². The zero-order valence-electron chi connectivity index (χ0n) is 18.4. The molecule has 0 aromatic heterocycles. The van der Waals surface area contributed by atoms with Crippen molar-refractivity contribution in [3.8, 4) is 29.6 Å². The number of nitrogens with zero attached hydrogens (tertiary/aromatic N) is 1. The summed E-state index contributed by atoms with van der Waals surface area (Å²) in [5, 5.41) is 2.21. The Morgan fingerprint density at radius 3 is 2.64 bits per heavy atom. The van der Waals surface area contributed by atoms with Gasteiger partial charge in [-0.05, 0) is 47.9 Å². The number of urea groups is 1. The van der Waals surface area contributed by atoms with Crippen molar-refractivity contribution in [1.82, 2.24) is 10.2 Å². The van der Waals surface area contributed by atoms with Crippen LogP contribution in [0.15, 0.2) is 48.0 Å². The van der Waals surface area contributed by atoms with E-state index in [9.17, 15) is 14.4 Å². The van der Waals surface area contributed by atoms with Crippen LogP contribution in [0.1, 0.15) is 24.5 Å². The van der Waals surface area contributed by atoms with Crippen molar-refractivity contribution in [1.29, 1.82) is 0 Å². The number of benzene rings is 2. The van der Waals surface area contributed by atoms with Crippen molar-refractivity contribution in [2.75, 3.05) is 20.3 Å². The first-order valence-electron chi connectivity index (χ1n) is 10.3. The molecule has 1 aliphatic rings. The number of nitrogens with one attached hydrogen (secondary N) is 1. The average Bonchev–Trinajstić information content (AvgIpc) is 2.82. The summed E-state index contributed by atoms with van der Waals surface area (Å²) < 4.78 is 16.4. The van der Waals surface area contributed by atoms with Crippen molar-refractivity contribution in [3.63, 3.8) is 0 Å². The lowest BCUT2D eigenvalue weighted by Crippen LogP contribution is -2.53. The number of imide groups is 2. The van der Waals surface area contributed by atoms with Gasteiger partial charge in [0.25, 0.3) is 11.8 Å². The van der Waals surface area contributed by atoms with Gasteiger partial charge in [-0.25, -0.2) is 4.79 Å². The molecule has 0 atom stereocenters. The van der Waals surface area contributed by atoms with Crippen LogP contribution in [0.5, 0.6) is 17.2 Å².